The molecule has 532 valence electrons. The number of aliphatic carboxylic acids is 3. The van der Waals surface area contributed by atoms with Crippen molar-refractivity contribution in [2.45, 2.75) is 244 Å². The Morgan fingerprint density at radius 1 is 0.233 bits per heavy atom. The molecule has 90 heavy (non-hydrogen) atoms. The van der Waals surface area contributed by atoms with Crippen LogP contribution >= 0.6 is 0 Å². The van der Waals surface area contributed by atoms with Gasteiger partial charge < -0.3 is 91.9 Å². The summed E-state index contributed by atoms with van der Waals surface area (Å²) in [5.74, 6) is -2.02. The molecule has 0 aromatic rings. The van der Waals surface area contributed by atoms with E-state index in [9.17, 15) is 14.4 Å². The average molecular weight is 1300 g/mol. The van der Waals surface area contributed by atoms with Crippen molar-refractivity contribution in [3.8, 4) is 0 Å². The smallest absolute Gasteiger partial charge is 0.303 e. The fraction of sp³-hybridized carbons (Fsp3) is 0.696. The number of carbonyl (C=O) groups is 3. The molecule has 0 atom stereocenters. The van der Waals surface area contributed by atoms with Gasteiger partial charge in [-0.25, -0.2) is 0 Å². The molecule has 0 amide bonds. The summed E-state index contributed by atoms with van der Waals surface area (Å²) in [6, 6.07) is 0. The number of hydrogen-bond acceptors (Lipinski definition) is 18. The highest BCUT2D eigenvalue weighted by Crippen LogP contribution is 2.10. The Morgan fingerprint density at radius 2 is 0.378 bits per heavy atom. The van der Waals surface area contributed by atoms with E-state index in [1.165, 1.54) is 38.5 Å². The summed E-state index contributed by atoms with van der Waals surface area (Å²) in [4.78, 5) is 30.9. The van der Waals surface area contributed by atoms with Crippen molar-refractivity contribution in [3.63, 3.8) is 0 Å². The zero-order valence-corrected chi connectivity index (χ0v) is 55.3. The van der Waals surface area contributed by atoms with E-state index in [1.54, 1.807) is 0 Å². The zero-order valence-electron chi connectivity index (χ0n) is 55.3. The summed E-state index contributed by atoms with van der Waals surface area (Å²) in [5.41, 5.74) is 0. The lowest BCUT2D eigenvalue weighted by Gasteiger charge is -1.98. The van der Waals surface area contributed by atoms with Gasteiger partial charge in [0.1, 0.15) is 30.5 Å². The molecule has 0 aliphatic rings. The van der Waals surface area contributed by atoms with Gasteiger partial charge in [0.25, 0.3) is 0 Å². The van der Waals surface area contributed by atoms with Crippen LogP contribution in [0, 0.1) is 0 Å². The van der Waals surface area contributed by atoms with Crippen molar-refractivity contribution in [2.75, 3.05) is 66.1 Å². The molecule has 0 radical (unpaired) electrons. The number of hydrogen-bond donors (Lipinski definition) is 18. The number of aliphatic hydroxyl groups excluding tert-OH is 15. The summed E-state index contributed by atoms with van der Waals surface area (Å²) in [5, 5.41) is 146. The monoisotopic (exact) mass is 1290 g/mol. The van der Waals surface area contributed by atoms with Crippen molar-refractivity contribution in [2.24, 2.45) is 0 Å². The van der Waals surface area contributed by atoms with Gasteiger partial charge in [-0.1, -0.05) is 188 Å². The van der Waals surface area contributed by atoms with Crippen molar-refractivity contribution in [1.29, 1.82) is 0 Å². The SMILES string of the molecule is CC/C=C\C/C=C\C/C=C\CCCCCCCC(=O)O.CC/C=C\C/C=C\C/C=C\CCCCCCCC(=O)O.CC/C=C\C/C=C\C/C=C\CCCCCCCC(=O)O.OCC(O)CO.OCC(O)CO.OCC(O)CO.OCC(O)CO.OCC(O)CO. The molecule has 0 bridgehead atoms. The number of allylic oxidation sites excluding steroid dienone is 18. The fourth-order valence-electron chi connectivity index (χ4n) is 5.97. The summed E-state index contributed by atoms with van der Waals surface area (Å²) >= 11 is 0. The summed E-state index contributed by atoms with van der Waals surface area (Å²) < 4.78 is 0. The Labute approximate surface area is 541 Å². The first kappa shape index (κ1) is 102. The third-order valence-corrected chi connectivity index (χ3v) is 11.2. The molecule has 0 aromatic carbocycles. The number of rotatable bonds is 49. The highest BCUT2D eigenvalue weighted by molar-refractivity contribution is 5.67. The third-order valence-electron chi connectivity index (χ3n) is 11.2. The predicted octanol–water partition coefficient (Wildman–Crippen LogP) is 8.64. The van der Waals surface area contributed by atoms with Crippen LogP contribution in [0.5, 0.6) is 0 Å². The van der Waals surface area contributed by atoms with E-state index < -0.39 is 48.4 Å². The van der Waals surface area contributed by atoms with Gasteiger partial charge in [0, 0.05) is 19.3 Å². The number of carboxylic acid groups (broad SMARTS) is 3. The minimum atomic E-state index is -0.954. The van der Waals surface area contributed by atoms with E-state index in [2.05, 4.69) is 130 Å². The van der Waals surface area contributed by atoms with Gasteiger partial charge in [-0.15, -0.1) is 0 Å². The summed E-state index contributed by atoms with van der Waals surface area (Å²) in [6.45, 7) is 2.80. The number of carboxylic acids is 3. The first-order chi connectivity index (χ1) is 43.4. The second kappa shape index (κ2) is 98.1. The van der Waals surface area contributed by atoms with E-state index in [0.29, 0.717) is 19.3 Å². The van der Waals surface area contributed by atoms with Gasteiger partial charge in [0.15, 0.2) is 0 Å². The van der Waals surface area contributed by atoms with Crippen LogP contribution < -0.4 is 0 Å². The van der Waals surface area contributed by atoms with Crippen LogP contribution in [0.4, 0.5) is 0 Å². The number of unbranched alkanes of at least 4 members (excludes halogenated alkanes) is 15. The van der Waals surface area contributed by atoms with Crippen LogP contribution in [-0.2, 0) is 14.4 Å². The Morgan fingerprint density at radius 3 is 0.522 bits per heavy atom. The molecule has 0 aliphatic heterocycles. The number of aliphatic hydroxyl groups is 15. The summed E-state index contributed by atoms with van der Waals surface area (Å²) in [6.07, 6.45) is 65.4. The van der Waals surface area contributed by atoms with Gasteiger partial charge in [-0.2, -0.15) is 0 Å². The maximum atomic E-state index is 10.3. The van der Waals surface area contributed by atoms with Gasteiger partial charge >= 0.3 is 17.9 Å². The molecule has 0 heterocycles. The van der Waals surface area contributed by atoms with E-state index in [1.807, 2.05) is 0 Å². The lowest BCUT2D eigenvalue weighted by Crippen LogP contribution is -2.15. The predicted molar refractivity (Wildman–Crippen MR) is 362 cm³/mol. The van der Waals surface area contributed by atoms with Crippen molar-refractivity contribution < 1.29 is 106 Å². The molecule has 0 rings (SSSR count). The second-order valence-corrected chi connectivity index (χ2v) is 20.1. The van der Waals surface area contributed by atoms with Crippen LogP contribution in [0.2, 0.25) is 0 Å². The Bertz CT molecular complexity index is 1420. The highest BCUT2D eigenvalue weighted by Gasteiger charge is 2.00. The Kier molecular flexibility index (Phi) is 111. The van der Waals surface area contributed by atoms with Gasteiger partial charge in [-0.05, 0) is 116 Å². The van der Waals surface area contributed by atoms with Crippen LogP contribution in [0.15, 0.2) is 109 Å². The Hall–Kier alpha value is -4.53. The zero-order chi connectivity index (χ0) is 69.6. The van der Waals surface area contributed by atoms with Gasteiger partial charge in [0.05, 0.1) is 66.1 Å². The summed E-state index contributed by atoms with van der Waals surface area (Å²) in [7, 11) is 0. The standard InChI is InChI=1S/3C18H30O2.5C3H8O3/c3*1-2-3-4-5-6-7-8-9-10-11-12-13-14-15-16-17-18(19)20;5*4-1-3(6)2-5/h3*3-4,6-7,9-10H,2,5,8,11-17H2,1H3,(H,19,20);5*3-6H,1-2H2/b3*4-3-,7-6-,10-9-;;;;;. The van der Waals surface area contributed by atoms with Gasteiger partial charge in [0.2, 0.25) is 0 Å². The maximum Gasteiger partial charge on any atom is 0.303 e. The minimum absolute atomic E-state index is 0.319. The Balaban J connectivity index is -0.000000152. The molecule has 0 saturated carbocycles. The molecular formula is C69H130O21. The van der Waals surface area contributed by atoms with Crippen LogP contribution in [0.25, 0.3) is 0 Å². The van der Waals surface area contributed by atoms with Crippen LogP contribution in [0.3, 0.4) is 0 Å². The molecule has 0 unspecified atom stereocenters. The van der Waals surface area contributed by atoms with E-state index in [-0.39, 0.29) is 66.1 Å². The van der Waals surface area contributed by atoms with Crippen molar-refractivity contribution in [3.05, 3.63) is 109 Å². The van der Waals surface area contributed by atoms with E-state index in [0.717, 1.165) is 135 Å². The minimum Gasteiger partial charge on any atom is -0.481 e. The quantitative estimate of drug-likeness (QED) is 0.0200. The highest BCUT2D eigenvalue weighted by atomic mass is 16.4. The topological polar surface area (TPSA) is 415 Å². The molecule has 0 aromatic heterocycles. The molecule has 18 N–H and O–H groups in total. The lowest BCUT2D eigenvalue weighted by atomic mass is 10.1. The van der Waals surface area contributed by atoms with Gasteiger partial charge in [-0.3, -0.25) is 14.4 Å². The molecule has 0 saturated heterocycles. The fourth-order valence-corrected chi connectivity index (χ4v) is 5.97. The third kappa shape index (κ3) is 128. The van der Waals surface area contributed by atoms with Crippen LogP contribution in [0.1, 0.15) is 213 Å². The van der Waals surface area contributed by atoms with E-state index >= 15 is 0 Å². The van der Waals surface area contributed by atoms with E-state index in [4.69, 9.17) is 91.9 Å². The normalized spacial score (nSPS) is 11.4. The van der Waals surface area contributed by atoms with Crippen LogP contribution in [-0.4, -0.2) is 206 Å². The lowest BCUT2D eigenvalue weighted by molar-refractivity contribution is -0.138. The molecule has 0 aliphatic carbocycles. The molecular weight excluding hydrogens is 1160 g/mol. The largest absolute Gasteiger partial charge is 0.481 e. The van der Waals surface area contributed by atoms with Crippen molar-refractivity contribution in [1.82, 2.24) is 0 Å². The molecule has 0 fully saturated rings. The second-order valence-electron chi connectivity index (χ2n) is 20.1. The first-order valence-corrected chi connectivity index (χ1v) is 32.3. The molecule has 0 spiro atoms. The molecule has 21 heteroatoms. The average Bonchev–Trinajstić information content (AvgIpc) is 3.55. The molecule has 21 nitrogen and oxygen atoms in total. The first-order valence-electron chi connectivity index (χ1n) is 32.3. The van der Waals surface area contributed by atoms with Crippen molar-refractivity contribution >= 4 is 17.9 Å². The maximum absolute atomic E-state index is 10.3.